The van der Waals surface area contributed by atoms with Crippen molar-refractivity contribution in [3.05, 3.63) is 57.6 Å². The number of methoxy groups -OCH3 is 1. The first kappa shape index (κ1) is 20.0. The number of rotatable bonds is 4. The smallest absolute Gasteiger partial charge is 1.00 e. The standard InChI is InChI=1S/C19H23O2P.Li.H/c1-11-9-13(3)18(15(5)14(11)4)19(20)22-17-8-7-16(21-6)10-12(17)2;;/h7-10,22H,1-6H3;;/q;+1;-1. The molecule has 0 radical (unpaired) electrons. The third kappa shape index (κ3) is 4.27. The molecule has 2 nitrogen and oxygen atoms in total. The van der Waals surface area contributed by atoms with Gasteiger partial charge in [0.1, 0.15) is 5.75 Å². The second-order valence-corrected chi connectivity index (χ2v) is 7.01. The summed E-state index contributed by atoms with van der Waals surface area (Å²) >= 11 is 0. The van der Waals surface area contributed by atoms with E-state index in [9.17, 15) is 4.79 Å². The van der Waals surface area contributed by atoms with Crippen molar-refractivity contribution in [2.75, 3.05) is 7.11 Å². The van der Waals surface area contributed by atoms with E-state index < -0.39 is 0 Å². The summed E-state index contributed by atoms with van der Waals surface area (Å²) in [7, 11) is 1.80. The van der Waals surface area contributed by atoms with Crippen LogP contribution in [0.15, 0.2) is 24.3 Å². The Morgan fingerprint density at radius 2 is 1.61 bits per heavy atom. The zero-order chi connectivity index (χ0) is 16.4. The fraction of sp³-hybridized carbons (Fsp3) is 0.316. The molecule has 0 fully saturated rings. The van der Waals surface area contributed by atoms with Crippen molar-refractivity contribution in [1.82, 2.24) is 0 Å². The third-order valence-electron chi connectivity index (χ3n) is 4.27. The molecule has 2 aromatic rings. The van der Waals surface area contributed by atoms with E-state index in [1.807, 2.05) is 39.0 Å². The van der Waals surface area contributed by atoms with Gasteiger partial charge in [0.15, 0.2) is 5.52 Å². The topological polar surface area (TPSA) is 26.3 Å². The summed E-state index contributed by atoms with van der Waals surface area (Å²) in [6.07, 6.45) is 0. The Kier molecular flexibility index (Phi) is 7.09. The van der Waals surface area contributed by atoms with Gasteiger partial charge >= 0.3 is 18.9 Å². The van der Waals surface area contributed by atoms with E-state index in [2.05, 4.69) is 19.9 Å². The molecule has 0 aliphatic heterocycles. The molecule has 0 aromatic heterocycles. The number of carbonyl (C=O) groups excluding carboxylic acids is 1. The van der Waals surface area contributed by atoms with Crippen molar-refractivity contribution in [3.8, 4) is 5.75 Å². The predicted molar refractivity (Wildman–Crippen MR) is 96.5 cm³/mol. The first-order valence-electron chi connectivity index (χ1n) is 7.38. The number of hydrogen-bond donors (Lipinski definition) is 0. The van der Waals surface area contributed by atoms with Crippen molar-refractivity contribution in [2.24, 2.45) is 0 Å². The molecule has 4 heteroatoms. The van der Waals surface area contributed by atoms with Gasteiger partial charge in [-0.05, 0) is 88.5 Å². The van der Waals surface area contributed by atoms with Crippen LogP contribution in [0.3, 0.4) is 0 Å². The van der Waals surface area contributed by atoms with Crippen molar-refractivity contribution in [2.45, 2.75) is 34.6 Å². The minimum Gasteiger partial charge on any atom is -1.00 e. The Labute approximate surface area is 154 Å². The molecule has 0 aliphatic rings. The fourth-order valence-corrected chi connectivity index (χ4v) is 3.91. The molecule has 23 heavy (non-hydrogen) atoms. The molecule has 0 saturated carbocycles. The van der Waals surface area contributed by atoms with Gasteiger partial charge in [0.2, 0.25) is 0 Å². The van der Waals surface area contributed by atoms with E-state index in [1.54, 1.807) is 7.11 Å². The van der Waals surface area contributed by atoms with Crippen LogP contribution in [-0.2, 0) is 0 Å². The van der Waals surface area contributed by atoms with Gasteiger partial charge in [-0.2, -0.15) is 0 Å². The van der Waals surface area contributed by atoms with Gasteiger partial charge in [0.05, 0.1) is 7.11 Å². The van der Waals surface area contributed by atoms with Gasteiger partial charge < -0.3 is 6.16 Å². The summed E-state index contributed by atoms with van der Waals surface area (Å²) in [6.45, 7) is 10.3. The van der Waals surface area contributed by atoms with E-state index in [0.717, 1.165) is 33.3 Å². The van der Waals surface area contributed by atoms with Crippen LogP contribution in [0.4, 0.5) is 0 Å². The second-order valence-electron chi connectivity index (χ2n) is 5.77. The molecule has 0 spiro atoms. The Morgan fingerprint density at radius 1 is 0.957 bits per heavy atom. The summed E-state index contributed by atoms with van der Waals surface area (Å²) in [6, 6.07) is 8.01. The number of benzene rings is 2. The Balaban J connectivity index is 0.00000264. The Bertz CT molecular complexity index is 745. The van der Waals surface area contributed by atoms with Gasteiger partial charge in [-0.15, -0.1) is 0 Å². The van der Waals surface area contributed by atoms with Crippen LogP contribution in [-0.4, -0.2) is 12.6 Å². The first-order valence-corrected chi connectivity index (χ1v) is 8.38. The summed E-state index contributed by atoms with van der Waals surface area (Å²) in [4.78, 5) is 12.8. The van der Waals surface area contributed by atoms with Crippen LogP contribution in [0, 0.1) is 34.6 Å². The van der Waals surface area contributed by atoms with Gasteiger partial charge in [0, 0.05) is 5.56 Å². The molecule has 0 heterocycles. The fourth-order valence-electron chi connectivity index (χ4n) is 2.72. The van der Waals surface area contributed by atoms with E-state index in [1.165, 1.54) is 11.1 Å². The molecule has 0 saturated heterocycles. The Hall–Kier alpha value is -1.06. The third-order valence-corrected chi connectivity index (χ3v) is 5.57. The average Bonchev–Trinajstić information content (AvgIpc) is 2.47. The molecular weight excluding hydrogens is 298 g/mol. The predicted octanol–water partition coefficient (Wildman–Crippen LogP) is 1.50. The van der Waals surface area contributed by atoms with E-state index >= 15 is 0 Å². The first-order chi connectivity index (χ1) is 10.3. The molecule has 0 N–H and O–H groups in total. The number of hydrogen-bond acceptors (Lipinski definition) is 2. The van der Waals surface area contributed by atoms with Crippen molar-refractivity contribution < 1.29 is 29.8 Å². The second kappa shape index (κ2) is 8.16. The maximum Gasteiger partial charge on any atom is 1.00 e. The molecule has 0 bridgehead atoms. The number of aryl methyl sites for hydroxylation is 3. The molecular formula is C19H24LiO2P. The maximum atomic E-state index is 12.8. The summed E-state index contributed by atoms with van der Waals surface area (Å²) < 4.78 is 5.22. The van der Waals surface area contributed by atoms with Crippen LogP contribution < -0.4 is 28.9 Å². The summed E-state index contributed by atoms with van der Waals surface area (Å²) in [5.41, 5.74) is 6.85. The molecule has 1 unspecified atom stereocenters. The zero-order valence-electron chi connectivity index (χ0n) is 16.1. The SMILES string of the molecule is COc1ccc(PC(=O)c2c(C)cc(C)c(C)c2C)c(C)c1.[H-].[Li+]. The quantitative estimate of drug-likeness (QED) is 0.630. The molecule has 2 rings (SSSR count). The van der Waals surface area contributed by atoms with Crippen LogP contribution in [0.1, 0.15) is 39.6 Å². The maximum absolute atomic E-state index is 12.8. The van der Waals surface area contributed by atoms with Gasteiger partial charge in [-0.1, -0.05) is 12.1 Å². The van der Waals surface area contributed by atoms with Crippen LogP contribution in [0.25, 0.3) is 0 Å². The van der Waals surface area contributed by atoms with E-state index in [4.69, 9.17) is 4.74 Å². The summed E-state index contributed by atoms with van der Waals surface area (Å²) in [5, 5.41) is 1.09. The number of ether oxygens (including phenoxy) is 1. The van der Waals surface area contributed by atoms with Crippen molar-refractivity contribution in [3.63, 3.8) is 0 Å². The van der Waals surface area contributed by atoms with Crippen molar-refractivity contribution in [1.29, 1.82) is 0 Å². The summed E-state index contributed by atoms with van der Waals surface area (Å²) in [5.74, 6) is 0.831. The largest absolute Gasteiger partial charge is 1.00 e. The molecule has 0 amide bonds. The average molecular weight is 322 g/mol. The Morgan fingerprint density at radius 3 is 2.17 bits per heavy atom. The van der Waals surface area contributed by atoms with Crippen LogP contribution in [0.2, 0.25) is 0 Å². The monoisotopic (exact) mass is 322 g/mol. The molecule has 1 atom stereocenters. The number of carbonyl (C=O) groups is 1. The van der Waals surface area contributed by atoms with E-state index in [-0.39, 0.29) is 34.4 Å². The normalized spacial score (nSPS) is 10.7. The minimum atomic E-state index is 0. The van der Waals surface area contributed by atoms with Crippen molar-refractivity contribution >= 4 is 19.4 Å². The minimum absolute atomic E-state index is 0. The van der Waals surface area contributed by atoms with Gasteiger partial charge in [-0.25, -0.2) is 0 Å². The molecule has 2 aromatic carbocycles. The molecule has 0 aliphatic carbocycles. The van der Waals surface area contributed by atoms with Crippen LogP contribution >= 0.6 is 8.58 Å². The van der Waals surface area contributed by atoms with Crippen LogP contribution in [0.5, 0.6) is 5.75 Å². The zero-order valence-corrected chi connectivity index (χ0v) is 16.1. The van der Waals surface area contributed by atoms with Gasteiger partial charge in [0.25, 0.3) is 0 Å². The van der Waals surface area contributed by atoms with Gasteiger partial charge in [-0.3, -0.25) is 4.79 Å². The van der Waals surface area contributed by atoms with E-state index in [0.29, 0.717) is 0 Å². The molecule has 118 valence electrons.